The summed E-state index contributed by atoms with van der Waals surface area (Å²) in [5, 5.41) is 0. The minimum atomic E-state index is 0.211. The van der Waals surface area contributed by atoms with Gasteiger partial charge in [0.1, 0.15) is 0 Å². The fourth-order valence-electron chi connectivity index (χ4n) is 2.37. The minimum Gasteiger partial charge on any atom is -0.315 e. The zero-order chi connectivity index (χ0) is 13.1. The Morgan fingerprint density at radius 3 is 2.89 bits per heavy atom. The molecule has 1 amide bonds. The van der Waals surface area contributed by atoms with Gasteiger partial charge in [-0.25, -0.2) is 0 Å². The molecule has 0 atom stereocenters. The van der Waals surface area contributed by atoms with E-state index < -0.39 is 0 Å². The van der Waals surface area contributed by atoms with Crippen LogP contribution in [0.15, 0.2) is 18.2 Å². The van der Waals surface area contributed by atoms with Crippen LogP contribution in [0.25, 0.3) is 0 Å². The van der Waals surface area contributed by atoms with Gasteiger partial charge in [0.05, 0.1) is 0 Å². The highest BCUT2D eigenvalue weighted by atomic mass is 32.1. The van der Waals surface area contributed by atoms with Gasteiger partial charge in [-0.1, -0.05) is 12.1 Å². The number of hydrogen-bond donors (Lipinski definition) is 1. The summed E-state index contributed by atoms with van der Waals surface area (Å²) in [4.78, 5) is 15.6. The number of fused-ring (bicyclic) bond motifs is 1. The van der Waals surface area contributed by atoms with Crippen molar-refractivity contribution in [2.75, 3.05) is 31.3 Å². The summed E-state index contributed by atoms with van der Waals surface area (Å²) < 4.78 is 0. The molecular formula is C14H20N2OS. The minimum absolute atomic E-state index is 0.211. The second kappa shape index (κ2) is 5.76. The fourth-order valence-corrected chi connectivity index (χ4v) is 2.71. The molecule has 1 aromatic carbocycles. The highest BCUT2D eigenvalue weighted by Gasteiger charge is 2.20. The molecular weight excluding hydrogens is 244 g/mol. The molecule has 0 aromatic heterocycles. The van der Waals surface area contributed by atoms with Gasteiger partial charge in [-0.05, 0) is 30.7 Å². The van der Waals surface area contributed by atoms with Gasteiger partial charge in [-0.3, -0.25) is 4.79 Å². The largest absolute Gasteiger partial charge is 0.315 e. The van der Waals surface area contributed by atoms with Crippen LogP contribution in [-0.4, -0.2) is 37.2 Å². The first kappa shape index (κ1) is 13.4. The fraction of sp³-hybridized carbons (Fsp3) is 0.500. The van der Waals surface area contributed by atoms with E-state index in [2.05, 4.69) is 42.8 Å². The molecule has 0 spiro atoms. The molecule has 0 unspecified atom stereocenters. The number of hydrogen-bond acceptors (Lipinski definition) is 3. The zero-order valence-corrected chi connectivity index (χ0v) is 11.9. The van der Waals surface area contributed by atoms with E-state index in [4.69, 9.17) is 0 Å². The molecule has 2 rings (SSSR count). The summed E-state index contributed by atoms with van der Waals surface area (Å²) in [6.07, 6.45) is 1.49. The zero-order valence-electron chi connectivity index (χ0n) is 11.0. The SMILES string of the molecule is CN(CCS)Cc1ccc2c(c1)CCC(=O)N2C. The Morgan fingerprint density at radius 1 is 1.39 bits per heavy atom. The van der Waals surface area contributed by atoms with Crippen molar-refractivity contribution in [2.45, 2.75) is 19.4 Å². The van der Waals surface area contributed by atoms with Crippen molar-refractivity contribution in [3.8, 4) is 0 Å². The molecule has 98 valence electrons. The third-order valence-corrected chi connectivity index (χ3v) is 3.62. The quantitative estimate of drug-likeness (QED) is 0.840. The molecule has 18 heavy (non-hydrogen) atoms. The van der Waals surface area contributed by atoms with Crippen molar-refractivity contribution in [3.05, 3.63) is 29.3 Å². The number of aryl methyl sites for hydroxylation is 1. The first-order chi connectivity index (χ1) is 8.61. The van der Waals surface area contributed by atoms with Gasteiger partial charge in [0.2, 0.25) is 5.91 Å². The van der Waals surface area contributed by atoms with Gasteiger partial charge in [0, 0.05) is 38.0 Å². The van der Waals surface area contributed by atoms with E-state index in [1.54, 1.807) is 4.90 Å². The molecule has 4 heteroatoms. The van der Waals surface area contributed by atoms with Crippen LogP contribution >= 0.6 is 12.6 Å². The second-order valence-electron chi connectivity index (χ2n) is 4.88. The third kappa shape index (κ3) is 2.87. The standard InChI is InChI=1S/C14H20N2OS/c1-15(7-8-18)10-11-3-5-13-12(9-11)4-6-14(17)16(13)2/h3,5,9,18H,4,6-8,10H2,1-2H3. The summed E-state index contributed by atoms with van der Waals surface area (Å²) in [6, 6.07) is 6.41. The lowest BCUT2D eigenvalue weighted by molar-refractivity contribution is -0.118. The maximum atomic E-state index is 11.6. The van der Waals surface area contributed by atoms with Crippen molar-refractivity contribution in [1.29, 1.82) is 0 Å². The molecule has 3 nitrogen and oxygen atoms in total. The number of carbonyl (C=O) groups is 1. The summed E-state index contributed by atoms with van der Waals surface area (Å²) >= 11 is 4.24. The average molecular weight is 264 g/mol. The first-order valence-electron chi connectivity index (χ1n) is 6.29. The van der Waals surface area contributed by atoms with Crippen molar-refractivity contribution < 1.29 is 4.79 Å². The Balaban J connectivity index is 2.15. The van der Waals surface area contributed by atoms with Gasteiger partial charge in [-0.2, -0.15) is 12.6 Å². The summed E-state index contributed by atoms with van der Waals surface area (Å²) in [5.41, 5.74) is 3.65. The number of nitrogens with zero attached hydrogens (tertiary/aromatic N) is 2. The maximum absolute atomic E-state index is 11.6. The predicted octanol–water partition coefficient (Wildman–Crippen LogP) is 1.96. The molecule has 0 bridgehead atoms. The molecule has 0 aliphatic carbocycles. The van der Waals surface area contributed by atoms with Crippen molar-refractivity contribution >= 4 is 24.2 Å². The topological polar surface area (TPSA) is 23.6 Å². The molecule has 1 aromatic rings. The number of thiol groups is 1. The Kier molecular flexibility index (Phi) is 4.30. The highest BCUT2D eigenvalue weighted by molar-refractivity contribution is 7.80. The van der Waals surface area contributed by atoms with E-state index in [0.29, 0.717) is 6.42 Å². The monoisotopic (exact) mass is 264 g/mol. The molecule has 0 N–H and O–H groups in total. The summed E-state index contributed by atoms with van der Waals surface area (Å²) in [6.45, 7) is 1.92. The van der Waals surface area contributed by atoms with Crippen LogP contribution in [0.4, 0.5) is 5.69 Å². The Bertz CT molecular complexity index is 447. The van der Waals surface area contributed by atoms with Crippen molar-refractivity contribution in [3.63, 3.8) is 0 Å². The second-order valence-corrected chi connectivity index (χ2v) is 5.32. The van der Waals surface area contributed by atoms with Crippen LogP contribution in [0.1, 0.15) is 17.5 Å². The molecule has 0 radical (unpaired) electrons. The van der Waals surface area contributed by atoms with Gasteiger partial charge >= 0.3 is 0 Å². The average Bonchev–Trinajstić information content (AvgIpc) is 2.34. The predicted molar refractivity (Wildman–Crippen MR) is 78.4 cm³/mol. The molecule has 1 aliphatic rings. The van der Waals surface area contributed by atoms with E-state index in [-0.39, 0.29) is 5.91 Å². The van der Waals surface area contributed by atoms with Crippen LogP contribution < -0.4 is 4.90 Å². The van der Waals surface area contributed by atoms with E-state index in [1.807, 2.05) is 7.05 Å². The Labute approximate surface area is 114 Å². The van der Waals surface area contributed by atoms with Crippen LogP contribution in [-0.2, 0) is 17.8 Å². The van der Waals surface area contributed by atoms with Crippen LogP contribution in [0, 0.1) is 0 Å². The maximum Gasteiger partial charge on any atom is 0.227 e. The van der Waals surface area contributed by atoms with E-state index in [9.17, 15) is 4.79 Å². The summed E-state index contributed by atoms with van der Waals surface area (Å²) in [7, 11) is 3.96. The molecule has 1 heterocycles. The normalized spacial score (nSPS) is 15.1. The first-order valence-corrected chi connectivity index (χ1v) is 6.93. The van der Waals surface area contributed by atoms with Gasteiger partial charge in [0.15, 0.2) is 0 Å². The number of carbonyl (C=O) groups excluding carboxylic acids is 1. The van der Waals surface area contributed by atoms with E-state index in [1.165, 1.54) is 11.1 Å². The van der Waals surface area contributed by atoms with Crippen LogP contribution in [0.2, 0.25) is 0 Å². The number of benzene rings is 1. The van der Waals surface area contributed by atoms with Gasteiger partial charge < -0.3 is 9.80 Å². The van der Waals surface area contributed by atoms with Gasteiger partial charge in [-0.15, -0.1) is 0 Å². The molecule has 0 saturated carbocycles. The molecule has 1 aliphatic heterocycles. The number of rotatable bonds is 4. The van der Waals surface area contributed by atoms with Crippen LogP contribution in [0.3, 0.4) is 0 Å². The van der Waals surface area contributed by atoms with E-state index in [0.717, 1.165) is 31.0 Å². The Hall–Kier alpha value is -1.00. The third-order valence-electron chi connectivity index (χ3n) is 3.42. The van der Waals surface area contributed by atoms with Crippen molar-refractivity contribution in [1.82, 2.24) is 4.90 Å². The lowest BCUT2D eigenvalue weighted by atomic mass is 9.99. The Morgan fingerprint density at radius 2 is 2.17 bits per heavy atom. The van der Waals surface area contributed by atoms with E-state index >= 15 is 0 Å². The van der Waals surface area contributed by atoms with Crippen molar-refractivity contribution in [2.24, 2.45) is 0 Å². The number of amides is 1. The van der Waals surface area contributed by atoms with Crippen LogP contribution in [0.5, 0.6) is 0 Å². The lowest BCUT2D eigenvalue weighted by Gasteiger charge is -2.26. The molecule has 0 saturated heterocycles. The van der Waals surface area contributed by atoms with Gasteiger partial charge in [0.25, 0.3) is 0 Å². The smallest absolute Gasteiger partial charge is 0.227 e. The summed E-state index contributed by atoms with van der Waals surface area (Å²) in [5.74, 6) is 1.08. The lowest BCUT2D eigenvalue weighted by Crippen LogP contribution is -2.31. The molecule has 0 fully saturated rings. The number of anilines is 1. The highest BCUT2D eigenvalue weighted by Crippen LogP contribution is 2.27.